The van der Waals surface area contributed by atoms with E-state index < -0.39 is 0 Å². The molecule has 0 aliphatic heterocycles. The van der Waals surface area contributed by atoms with Crippen LogP contribution in [-0.4, -0.2) is 15.0 Å². The van der Waals surface area contributed by atoms with E-state index in [1.54, 1.807) is 0 Å². The van der Waals surface area contributed by atoms with E-state index in [0.717, 1.165) is 83.1 Å². The molecule has 0 radical (unpaired) electrons. The number of aromatic nitrogens is 3. The van der Waals surface area contributed by atoms with Crippen molar-refractivity contribution in [1.82, 2.24) is 15.0 Å². The van der Waals surface area contributed by atoms with Crippen LogP contribution in [-0.2, 0) is 0 Å². The number of hydrogen-bond donors (Lipinski definition) is 0. The van der Waals surface area contributed by atoms with Gasteiger partial charge in [0.15, 0.2) is 17.5 Å². The van der Waals surface area contributed by atoms with Crippen molar-refractivity contribution in [3.63, 3.8) is 0 Å². The Hall–Kier alpha value is -7.99. The molecule has 316 valence electrons. The van der Waals surface area contributed by atoms with Gasteiger partial charge in [0.2, 0.25) is 0 Å². The number of fused-ring (bicyclic) bond motifs is 3. The summed E-state index contributed by atoms with van der Waals surface area (Å²) in [6.07, 6.45) is 0. The summed E-state index contributed by atoms with van der Waals surface area (Å²) in [5.74, 6) is 1.79. The molecule has 0 unspecified atom stereocenters. The fourth-order valence-electron chi connectivity index (χ4n) is 8.54. The summed E-state index contributed by atoms with van der Waals surface area (Å²) in [5, 5.41) is 2.07. The van der Waals surface area contributed by atoms with Crippen molar-refractivity contribution in [2.75, 3.05) is 0 Å². The summed E-state index contributed by atoms with van der Waals surface area (Å²) in [6, 6.07) is 92.4. The molecule has 2 aromatic heterocycles. The van der Waals surface area contributed by atoms with Crippen LogP contribution in [0.2, 0.25) is 0 Å². The first kappa shape index (κ1) is 43.9. The van der Waals surface area contributed by atoms with E-state index in [2.05, 4.69) is 140 Å². The van der Waals surface area contributed by atoms with Gasteiger partial charge in [0, 0.05) is 27.7 Å². The third-order valence-electron chi connectivity index (χ3n) is 11.8. The van der Waals surface area contributed by atoms with Crippen LogP contribution in [0.15, 0.2) is 247 Å². The third-order valence-corrected chi connectivity index (χ3v) is 11.8. The Morgan fingerprint density at radius 3 is 1.38 bits per heavy atom. The molecule has 0 fully saturated rings. The van der Waals surface area contributed by atoms with Crippen LogP contribution < -0.4 is 29.6 Å². The van der Waals surface area contributed by atoms with Gasteiger partial charge in [-0.25, -0.2) is 20.5 Å². The van der Waals surface area contributed by atoms with Crippen LogP contribution >= 0.6 is 0 Å². The van der Waals surface area contributed by atoms with E-state index in [9.17, 15) is 0 Å². The molecule has 4 nitrogen and oxygen atoms in total. The Balaban J connectivity index is 0.000000717. The molecule has 10 aromatic carbocycles. The monoisotopic (exact) mass is 877 g/mol. The molecule has 5 heteroatoms. The molecule has 12 aromatic rings. The Morgan fingerprint density at radius 1 is 0.324 bits per heavy atom. The van der Waals surface area contributed by atoms with E-state index in [1.165, 1.54) is 11.1 Å². The molecule has 0 atom stereocenters. The zero-order valence-electron chi connectivity index (χ0n) is 37.3. The SMILES string of the molecule is [Na+].[c-]1ccccc1.[c-]1ccccc1-c1[c-]ccc2c1oc1cc(-c3ccc(-c4ccc(-c5ccccc5)c(-c5ccccc5)c4)cc3-c3nc(-c4ccccc4)nc(-c4ccccc4)n3)ccc12. The quantitative estimate of drug-likeness (QED) is 0.113. The predicted octanol–water partition coefficient (Wildman–Crippen LogP) is 13.2. The third kappa shape index (κ3) is 9.22. The molecule has 0 N–H and O–H groups in total. The van der Waals surface area contributed by atoms with Gasteiger partial charge >= 0.3 is 29.6 Å². The summed E-state index contributed by atoms with van der Waals surface area (Å²) in [7, 11) is 0. The maximum atomic E-state index is 6.70. The number of benzene rings is 10. The van der Waals surface area contributed by atoms with Crippen LogP contribution in [0.4, 0.5) is 0 Å². The molecule has 0 bridgehead atoms. The smallest absolute Gasteiger partial charge is 0.510 e. The first-order chi connectivity index (χ1) is 33.2. The maximum absolute atomic E-state index is 6.70. The average Bonchev–Trinajstić information content (AvgIpc) is 3.81. The summed E-state index contributed by atoms with van der Waals surface area (Å²) in [6.45, 7) is 0. The number of rotatable bonds is 8. The van der Waals surface area contributed by atoms with Gasteiger partial charge in [0.25, 0.3) is 0 Å². The van der Waals surface area contributed by atoms with Gasteiger partial charge in [-0.2, -0.15) is 78.4 Å². The minimum absolute atomic E-state index is 0. The second kappa shape index (κ2) is 20.3. The summed E-state index contributed by atoms with van der Waals surface area (Å²) < 4.78 is 6.70. The molecule has 68 heavy (non-hydrogen) atoms. The standard InChI is InChI=1S/C57H35N3O.C6H5.Na/c1-6-17-38(18-7-1)46-32-29-43(35-51(46)40-21-10-3-11-22-40)44-30-33-47(45-31-34-49-50-28-16-27-48(39-19-8-2-9-20-39)54(50)61-53(49)37-45)52(36-44)57-59-55(41-23-12-4-13-24-41)58-56(60-57)42-25-14-5-15-26-42;1-2-4-6-5-3-1;/h1-19,21-26,28-37H;1-5H;/q-2;-1;+1. The molecule has 2 heterocycles. The summed E-state index contributed by atoms with van der Waals surface area (Å²) in [4.78, 5) is 15.5. The van der Waals surface area contributed by atoms with E-state index in [4.69, 9.17) is 19.4 Å². The van der Waals surface area contributed by atoms with Crippen molar-refractivity contribution in [3.8, 4) is 89.8 Å². The molecular formula is C63H40N3NaO-2. The van der Waals surface area contributed by atoms with Gasteiger partial charge in [-0.1, -0.05) is 163 Å². The van der Waals surface area contributed by atoms with Crippen molar-refractivity contribution in [1.29, 1.82) is 0 Å². The molecule has 0 aliphatic rings. The van der Waals surface area contributed by atoms with Crippen LogP contribution in [0.25, 0.3) is 112 Å². The van der Waals surface area contributed by atoms with Crippen molar-refractivity contribution in [2.45, 2.75) is 0 Å². The number of hydrogen-bond acceptors (Lipinski definition) is 4. The normalized spacial score (nSPS) is 10.8. The van der Waals surface area contributed by atoms with Crippen LogP contribution in [0.3, 0.4) is 0 Å². The second-order valence-electron chi connectivity index (χ2n) is 16.1. The summed E-state index contributed by atoms with van der Waals surface area (Å²) >= 11 is 0. The Bertz CT molecular complexity index is 3520. The zero-order chi connectivity index (χ0) is 44.8. The van der Waals surface area contributed by atoms with E-state index in [-0.39, 0.29) is 29.6 Å². The topological polar surface area (TPSA) is 51.8 Å². The zero-order valence-corrected chi connectivity index (χ0v) is 39.3. The van der Waals surface area contributed by atoms with Gasteiger partial charge in [-0.15, -0.1) is 12.1 Å². The molecule has 12 rings (SSSR count). The van der Waals surface area contributed by atoms with Crippen LogP contribution in [0.1, 0.15) is 0 Å². The Kier molecular flexibility index (Phi) is 13.1. The molecular weight excluding hydrogens is 838 g/mol. The first-order valence-corrected chi connectivity index (χ1v) is 22.3. The average molecular weight is 878 g/mol. The molecule has 0 aliphatic carbocycles. The van der Waals surface area contributed by atoms with E-state index in [0.29, 0.717) is 17.5 Å². The van der Waals surface area contributed by atoms with Gasteiger partial charge in [0.1, 0.15) is 5.58 Å². The van der Waals surface area contributed by atoms with Gasteiger partial charge < -0.3 is 4.42 Å². The molecule has 0 saturated heterocycles. The minimum atomic E-state index is 0. The van der Waals surface area contributed by atoms with Crippen molar-refractivity contribution in [3.05, 3.63) is 261 Å². The largest absolute Gasteiger partial charge is 1.00 e. The van der Waals surface area contributed by atoms with Gasteiger partial charge in [-0.05, 0) is 62.7 Å². The maximum Gasteiger partial charge on any atom is 1.00 e. The van der Waals surface area contributed by atoms with Gasteiger partial charge in [0.05, 0.1) is 0 Å². The second-order valence-corrected chi connectivity index (χ2v) is 16.1. The molecule has 0 saturated carbocycles. The Morgan fingerprint density at radius 2 is 0.824 bits per heavy atom. The molecule has 0 spiro atoms. The summed E-state index contributed by atoms with van der Waals surface area (Å²) in [5.41, 5.74) is 14.9. The number of furan rings is 1. The number of nitrogens with zero attached hydrogens (tertiary/aromatic N) is 3. The predicted molar refractivity (Wildman–Crippen MR) is 274 cm³/mol. The van der Waals surface area contributed by atoms with E-state index >= 15 is 0 Å². The van der Waals surface area contributed by atoms with E-state index in [1.807, 2.05) is 121 Å². The van der Waals surface area contributed by atoms with Crippen LogP contribution in [0.5, 0.6) is 0 Å². The Labute approximate surface area is 418 Å². The van der Waals surface area contributed by atoms with Crippen LogP contribution in [0, 0.1) is 18.2 Å². The first-order valence-electron chi connectivity index (χ1n) is 22.3. The fraction of sp³-hybridized carbons (Fsp3) is 0. The van der Waals surface area contributed by atoms with Crippen molar-refractivity contribution in [2.24, 2.45) is 0 Å². The van der Waals surface area contributed by atoms with Crippen molar-refractivity contribution < 1.29 is 34.0 Å². The van der Waals surface area contributed by atoms with Gasteiger partial charge in [-0.3, -0.25) is 0 Å². The minimum Gasteiger partial charge on any atom is -0.510 e. The van der Waals surface area contributed by atoms with Crippen molar-refractivity contribution >= 4 is 21.9 Å². The molecule has 0 amide bonds. The fourth-order valence-corrected chi connectivity index (χ4v) is 8.54.